The van der Waals surface area contributed by atoms with Crippen LogP contribution in [0.15, 0.2) is 36.9 Å². The van der Waals surface area contributed by atoms with Gasteiger partial charge in [-0.15, -0.1) is 6.58 Å². The van der Waals surface area contributed by atoms with E-state index in [2.05, 4.69) is 11.9 Å². The van der Waals surface area contributed by atoms with E-state index in [9.17, 15) is 9.90 Å². The van der Waals surface area contributed by atoms with Crippen LogP contribution in [-0.2, 0) is 0 Å². The first-order valence-corrected chi connectivity index (χ1v) is 4.36. The van der Waals surface area contributed by atoms with Gasteiger partial charge < -0.3 is 10.4 Å². The van der Waals surface area contributed by atoms with Crippen molar-refractivity contribution in [2.45, 2.75) is 13.0 Å². The van der Waals surface area contributed by atoms with Gasteiger partial charge in [0.15, 0.2) is 0 Å². The fourth-order valence-corrected chi connectivity index (χ4v) is 1.01. The van der Waals surface area contributed by atoms with Crippen LogP contribution in [0.4, 0.5) is 0 Å². The van der Waals surface area contributed by atoms with Gasteiger partial charge in [0.25, 0.3) is 5.91 Å². The fraction of sp³-hybridized carbons (Fsp3) is 0.182. The van der Waals surface area contributed by atoms with E-state index in [0.717, 1.165) is 0 Å². The average molecular weight is 191 g/mol. The van der Waals surface area contributed by atoms with Gasteiger partial charge >= 0.3 is 0 Å². The number of carbonyl (C=O) groups excluding carboxylic acids is 1. The average Bonchev–Trinajstić information content (AvgIpc) is 2.18. The molecule has 14 heavy (non-hydrogen) atoms. The second-order valence-corrected chi connectivity index (χ2v) is 3.01. The van der Waals surface area contributed by atoms with Crippen molar-refractivity contribution in [3.05, 3.63) is 42.5 Å². The summed E-state index contributed by atoms with van der Waals surface area (Å²) >= 11 is 0. The molecule has 0 saturated carbocycles. The van der Waals surface area contributed by atoms with Crippen molar-refractivity contribution in [3.8, 4) is 5.75 Å². The monoisotopic (exact) mass is 191 g/mol. The first kappa shape index (κ1) is 10.3. The summed E-state index contributed by atoms with van der Waals surface area (Å²) in [5, 5.41) is 12.0. The van der Waals surface area contributed by atoms with Crippen LogP contribution in [0.2, 0.25) is 0 Å². The molecule has 0 saturated heterocycles. The Labute approximate surface area is 83.1 Å². The molecular weight excluding hydrogens is 178 g/mol. The van der Waals surface area contributed by atoms with Gasteiger partial charge in [0, 0.05) is 6.04 Å². The molecule has 0 bridgehead atoms. The molecule has 0 spiro atoms. The highest BCUT2D eigenvalue weighted by Crippen LogP contribution is 2.15. The van der Waals surface area contributed by atoms with Crippen molar-refractivity contribution in [1.82, 2.24) is 5.32 Å². The Hall–Kier alpha value is -1.77. The van der Waals surface area contributed by atoms with Crippen molar-refractivity contribution in [2.24, 2.45) is 0 Å². The molecule has 3 nitrogen and oxygen atoms in total. The molecule has 2 N–H and O–H groups in total. The number of nitrogens with one attached hydrogen (secondary N) is 1. The minimum Gasteiger partial charge on any atom is -0.507 e. The second kappa shape index (κ2) is 4.46. The Kier molecular flexibility index (Phi) is 3.29. The maximum absolute atomic E-state index is 11.5. The van der Waals surface area contributed by atoms with Crippen LogP contribution < -0.4 is 5.32 Å². The van der Waals surface area contributed by atoms with Crippen LogP contribution >= 0.6 is 0 Å². The molecule has 74 valence electrons. The van der Waals surface area contributed by atoms with Crippen LogP contribution in [0.1, 0.15) is 17.3 Å². The van der Waals surface area contributed by atoms with Gasteiger partial charge in [-0.25, -0.2) is 0 Å². The quantitative estimate of drug-likeness (QED) is 0.714. The van der Waals surface area contributed by atoms with E-state index in [4.69, 9.17) is 0 Å². The first-order valence-electron chi connectivity index (χ1n) is 4.36. The van der Waals surface area contributed by atoms with Gasteiger partial charge in [-0.3, -0.25) is 4.79 Å². The van der Waals surface area contributed by atoms with Gasteiger partial charge in [0.2, 0.25) is 0 Å². The molecule has 0 aromatic heterocycles. The molecule has 0 aliphatic rings. The summed E-state index contributed by atoms with van der Waals surface area (Å²) in [6.07, 6.45) is 1.62. The van der Waals surface area contributed by atoms with Gasteiger partial charge in [0.05, 0.1) is 5.56 Å². The number of amides is 1. The summed E-state index contributed by atoms with van der Waals surface area (Å²) in [4.78, 5) is 11.5. The Bertz CT molecular complexity index is 347. The summed E-state index contributed by atoms with van der Waals surface area (Å²) in [5.41, 5.74) is 0.279. The Morgan fingerprint density at radius 3 is 2.79 bits per heavy atom. The van der Waals surface area contributed by atoms with Gasteiger partial charge in [0.1, 0.15) is 5.75 Å². The number of hydrogen-bond acceptors (Lipinski definition) is 2. The van der Waals surface area contributed by atoms with Crippen LogP contribution in [0.5, 0.6) is 5.75 Å². The third kappa shape index (κ3) is 2.36. The van der Waals surface area contributed by atoms with E-state index < -0.39 is 0 Å². The Balaban J connectivity index is 2.80. The van der Waals surface area contributed by atoms with Gasteiger partial charge in [-0.1, -0.05) is 18.2 Å². The zero-order valence-corrected chi connectivity index (χ0v) is 8.03. The minimum atomic E-state index is -0.296. The molecular formula is C11H13NO2. The smallest absolute Gasteiger partial charge is 0.255 e. The third-order valence-electron chi connectivity index (χ3n) is 1.86. The van der Waals surface area contributed by atoms with E-state index in [1.807, 2.05) is 6.92 Å². The largest absolute Gasteiger partial charge is 0.507 e. The van der Waals surface area contributed by atoms with Crippen molar-refractivity contribution in [1.29, 1.82) is 0 Å². The molecule has 1 rings (SSSR count). The summed E-state index contributed by atoms with van der Waals surface area (Å²) in [6.45, 7) is 5.36. The number of phenols is 1. The highest BCUT2D eigenvalue weighted by Gasteiger charge is 2.10. The minimum absolute atomic E-state index is 0.0127. The van der Waals surface area contributed by atoms with E-state index in [1.54, 1.807) is 24.3 Å². The summed E-state index contributed by atoms with van der Waals surface area (Å²) in [7, 11) is 0. The number of benzene rings is 1. The molecule has 1 aromatic carbocycles. The number of carbonyl (C=O) groups is 1. The number of para-hydroxylation sites is 1. The van der Waals surface area contributed by atoms with Crippen LogP contribution in [-0.4, -0.2) is 17.1 Å². The summed E-state index contributed by atoms with van der Waals surface area (Å²) in [5.74, 6) is -0.309. The van der Waals surface area contributed by atoms with E-state index in [0.29, 0.717) is 0 Å². The van der Waals surface area contributed by atoms with Crippen molar-refractivity contribution >= 4 is 5.91 Å². The topological polar surface area (TPSA) is 49.3 Å². The molecule has 0 aliphatic carbocycles. The fourth-order valence-electron chi connectivity index (χ4n) is 1.01. The number of phenolic OH excluding ortho intramolecular Hbond substituents is 1. The molecule has 0 aliphatic heterocycles. The number of aromatic hydroxyl groups is 1. The molecule has 0 heterocycles. The van der Waals surface area contributed by atoms with Crippen molar-refractivity contribution < 1.29 is 9.90 Å². The van der Waals surface area contributed by atoms with Crippen LogP contribution in [0.25, 0.3) is 0 Å². The summed E-state index contributed by atoms with van der Waals surface area (Å²) < 4.78 is 0. The molecule has 0 radical (unpaired) electrons. The van der Waals surface area contributed by atoms with Crippen molar-refractivity contribution in [2.75, 3.05) is 0 Å². The van der Waals surface area contributed by atoms with Crippen LogP contribution in [0.3, 0.4) is 0 Å². The van der Waals surface area contributed by atoms with Gasteiger partial charge in [-0.2, -0.15) is 0 Å². The zero-order chi connectivity index (χ0) is 10.6. The number of hydrogen-bond donors (Lipinski definition) is 2. The first-order chi connectivity index (χ1) is 6.65. The van der Waals surface area contributed by atoms with E-state index >= 15 is 0 Å². The predicted octanol–water partition coefficient (Wildman–Crippen LogP) is 1.70. The lowest BCUT2D eigenvalue weighted by Gasteiger charge is -2.09. The molecule has 0 fully saturated rings. The lowest BCUT2D eigenvalue weighted by Crippen LogP contribution is -2.30. The Morgan fingerprint density at radius 1 is 1.57 bits per heavy atom. The maximum Gasteiger partial charge on any atom is 0.255 e. The molecule has 3 heteroatoms. The predicted molar refractivity (Wildman–Crippen MR) is 55.2 cm³/mol. The molecule has 1 amide bonds. The standard InChI is InChI=1S/C11H13NO2/c1-3-8(2)12-11(14)9-6-4-5-7-10(9)13/h3-8,13H,1H2,2H3,(H,12,14). The third-order valence-corrected chi connectivity index (χ3v) is 1.86. The highest BCUT2D eigenvalue weighted by atomic mass is 16.3. The number of rotatable bonds is 3. The van der Waals surface area contributed by atoms with Crippen LogP contribution in [0, 0.1) is 0 Å². The van der Waals surface area contributed by atoms with Gasteiger partial charge in [-0.05, 0) is 19.1 Å². The molecule has 1 aromatic rings. The Morgan fingerprint density at radius 2 is 2.21 bits per heavy atom. The van der Waals surface area contributed by atoms with E-state index in [-0.39, 0.29) is 23.3 Å². The second-order valence-electron chi connectivity index (χ2n) is 3.01. The normalized spacial score (nSPS) is 11.8. The lowest BCUT2D eigenvalue weighted by molar-refractivity contribution is 0.0944. The molecule has 1 unspecified atom stereocenters. The highest BCUT2D eigenvalue weighted by molar-refractivity contribution is 5.96. The van der Waals surface area contributed by atoms with Crippen molar-refractivity contribution in [3.63, 3.8) is 0 Å². The molecule has 1 atom stereocenters. The zero-order valence-electron chi connectivity index (χ0n) is 8.03. The van der Waals surface area contributed by atoms with E-state index in [1.165, 1.54) is 6.07 Å². The maximum atomic E-state index is 11.5. The SMILES string of the molecule is C=CC(C)NC(=O)c1ccccc1O. The lowest BCUT2D eigenvalue weighted by atomic mass is 10.2. The summed E-state index contributed by atoms with van der Waals surface area (Å²) in [6, 6.07) is 6.31.